The van der Waals surface area contributed by atoms with Crippen molar-refractivity contribution in [1.29, 1.82) is 0 Å². The summed E-state index contributed by atoms with van der Waals surface area (Å²) in [6.07, 6.45) is 2.73. The van der Waals surface area contributed by atoms with Gasteiger partial charge in [-0.15, -0.1) is 11.8 Å². The molecular formula is C17H21N3O2S. The van der Waals surface area contributed by atoms with E-state index in [1.165, 1.54) is 5.56 Å². The number of likely N-dealkylation sites (tertiary alicyclic amines) is 1. The number of carbonyl (C=O) groups is 1. The van der Waals surface area contributed by atoms with Crippen molar-refractivity contribution in [3.8, 4) is 0 Å². The third-order valence-electron chi connectivity index (χ3n) is 3.93. The maximum absolute atomic E-state index is 12.7. The normalized spacial score (nSPS) is 18.4. The van der Waals surface area contributed by atoms with Crippen molar-refractivity contribution in [2.24, 2.45) is 0 Å². The molecule has 2 aromatic rings. The summed E-state index contributed by atoms with van der Waals surface area (Å²) in [5.74, 6) is 2.16. The van der Waals surface area contributed by atoms with Gasteiger partial charge in [0.25, 0.3) is 0 Å². The standard InChI is InChI=1S/C17H21N3O2S/c1-2-15-18-16(22-19-15)12-23-14-9-6-10-20(17(14)21)11-13-7-4-3-5-8-13/h3-5,7-8,14H,2,6,9-12H2,1H3/t14-/m1/s1. The summed E-state index contributed by atoms with van der Waals surface area (Å²) in [5, 5.41) is 3.88. The number of rotatable bonds is 6. The largest absolute Gasteiger partial charge is 0.338 e. The lowest BCUT2D eigenvalue weighted by Gasteiger charge is -2.31. The van der Waals surface area contributed by atoms with Gasteiger partial charge in [0.2, 0.25) is 11.8 Å². The number of aryl methyl sites for hydroxylation is 1. The first-order valence-electron chi connectivity index (χ1n) is 8.02. The zero-order valence-corrected chi connectivity index (χ0v) is 14.1. The van der Waals surface area contributed by atoms with Gasteiger partial charge in [0.1, 0.15) is 0 Å². The Kier molecular flexibility index (Phi) is 5.33. The minimum Gasteiger partial charge on any atom is -0.338 e. The summed E-state index contributed by atoms with van der Waals surface area (Å²) in [7, 11) is 0. The van der Waals surface area contributed by atoms with Crippen molar-refractivity contribution in [3.05, 3.63) is 47.6 Å². The first-order chi connectivity index (χ1) is 11.3. The first kappa shape index (κ1) is 16.1. The van der Waals surface area contributed by atoms with E-state index in [-0.39, 0.29) is 11.2 Å². The number of aromatic nitrogens is 2. The number of hydrogen-bond donors (Lipinski definition) is 0. The van der Waals surface area contributed by atoms with E-state index in [0.29, 0.717) is 18.2 Å². The lowest BCUT2D eigenvalue weighted by molar-refractivity contribution is -0.133. The van der Waals surface area contributed by atoms with Gasteiger partial charge in [-0.05, 0) is 18.4 Å². The smallest absolute Gasteiger partial charge is 0.236 e. The predicted molar refractivity (Wildman–Crippen MR) is 89.9 cm³/mol. The van der Waals surface area contributed by atoms with Crippen LogP contribution in [0, 0.1) is 0 Å². The summed E-state index contributed by atoms with van der Waals surface area (Å²) < 4.78 is 5.20. The first-order valence-corrected chi connectivity index (χ1v) is 9.07. The molecular weight excluding hydrogens is 310 g/mol. The molecule has 1 atom stereocenters. The third-order valence-corrected chi connectivity index (χ3v) is 5.19. The molecule has 0 radical (unpaired) electrons. The van der Waals surface area contributed by atoms with E-state index in [1.807, 2.05) is 30.0 Å². The third kappa shape index (κ3) is 4.13. The molecule has 1 saturated heterocycles. The average Bonchev–Trinajstić information content (AvgIpc) is 3.05. The Morgan fingerprint density at radius 3 is 2.91 bits per heavy atom. The Balaban J connectivity index is 1.56. The van der Waals surface area contributed by atoms with Crippen molar-refractivity contribution in [2.45, 2.75) is 43.7 Å². The highest BCUT2D eigenvalue weighted by Gasteiger charge is 2.29. The predicted octanol–water partition coefficient (Wildman–Crippen LogP) is 3.06. The molecule has 0 bridgehead atoms. The zero-order valence-electron chi connectivity index (χ0n) is 13.3. The van der Waals surface area contributed by atoms with Crippen LogP contribution in [0.3, 0.4) is 0 Å². The summed E-state index contributed by atoms with van der Waals surface area (Å²) >= 11 is 1.61. The molecule has 3 rings (SSSR count). The van der Waals surface area contributed by atoms with Crippen LogP contribution in [0.5, 0.6) is 0 Å². The van der Waals surface area contributed by atoms with Crippen molar-refractivity contribution in [2.75, 3.05) is 6.54 Å². The van der Waals surface area contributed by atoms with Gasteiger partial charge in [-0.3, -0.25) is 4.79 Å². The van der Waals surface area contributed by atoms with Crippen LogP contribution < -0.4 is 0 Å². The van der Waals surface area contributed by atoms with E-state index in [0.717, 1.165) is 31.6 Å². The van der Waals surface area contributed by atoms with Crippen molar-refractivity contribution >= 4 is 17.7 Å². The number of thioether (sulfide) groups is 1. The van der Waals surface area contributed by atoms with E-state index in [2.05, 4.69) is 22.3 Å². The topological polar surface area (TPSA) is 59.2 Å². The molecule has 6 heteroatoms. The number of benzene rings is 1. The Hall–Kier alpha value is -1.82. The van der Waals surface area contributed by atoms with Gasteiger partial charge in [-0.25, -0.2) is 0 Å². The van der Waals surface area contributed by atoms with Gasteiger partial charge in [0.15, 0.2) is 5.82 Å². The van der Waals surface area contributed by atoms with Crippen molar-refractivity contribution < 1.29 is 9.32 Å². The summed E-state index contributed by atoms with van der Waals surface area (Å²) in [5.41, 5.74) is 1.18. The van der Waals surface area contributed by atoms with Gasteiger partial charge in [-0.1, -0.05) is 42.4 Å². The minimum absolute atomic E-state index is 0.00978. The molecule has 1 aliphatic heterocycles. The van der Waals surface area contributed by atoms with Crippen LogP contribution in [-0.2, 0) is 23.5 Å². The van der Waals surface area contributed by atoms with E-state index in [1.54, 1.807) is 11.8 Å². The fourth-order valence-corrected chi connectivity index (χ4v) is 3.77. The van der Waals surface area contributed by atoms with E-state index >= 15 is 0 Å². The highest BCUT2D eigenvalue weighted by Crippen LogP contribution is 2.27. The second kappa shape index (κ2) is 7.64. The van der Waals surface area contributed by atoms with Crippen LogP contribution in [0.15, 0.2) is 34.9 Å². The molecule has 122 valence electrons. The van der Waals surface area contributed by atoms with Crippen LogP contribution in [0.1, 0.15) is 37.0 Å². The Morgan fingerprint density at radius 1 is 1.35 bits per heavy atom. The molecule has 0 saturated carbocycles. The monoisotopic (exact) mass is 331 g/mol. The molecule has 23 heavy (non-hydrogen) atoms. The van der Waals surface area contributed by atoms with Crippen LogP contribution in [0.4, 0.5) is 0 Å². The number of nitrogens with zero attached hydrogens (tertiary/aromatic N) is 3. The molecule has 1 aliphatic rings. The van der Waals surface area contributed by atoms with Crippen LogP contribution >= 0.6 is 11.8 Å². The maximum Gasteiger partial charge on any atom is 0.236 e. The van der Waals surface area contributed by atoms with Crippen LogP contribution in [-0.4, -0.2) is 32.7 Å². The van der Waals surface area contributed by atoms with Gasteiger partial charge in [0.05, 0.1) is 11.0 Å². The lowest BCUT2D eigenvalue weighted by atomic mass is 10.1. The fraction of sp³-hybridized carbons (Fsp3) is 0.471. The highest BCUT2D eigenvalue weighted by molar-refractivity contribution is 7.99. The van der Waals surface area contributed by atoms with Crippen molar-refractivity contribution in [3.63, 3.8) is 0 Å². The quantitative estimate of drug-likeness (QED) is 0.814. The molecule has 0 aliphatic carbocycles. The summed E-state index contributed by atoms with van der Waals surface area (Å²) in [4.78, 5) is 18.9. The number of hydrogen-bond acceptors (Lipinski definition) is 5. The van der Waals surface area contributed by atoms with E-state index in [4.69, 9.17) is 4.52 Å². The van der Waals surface area contributed by atoms with Gasteiger partial charge in [0, 0.05) is 19.5 Å². The van der Waals surface area contributed by atoms with E-state index < -0.39 is 0 Å². The average molecular weight is 331 g/mol. The minimum atomic E-state index is -0.00978. The fourth-order valence-electron chi connectivity index (χ4n) is 2.68. The van der Waals surface area contributed by atoms with Crippen molar-refractivity contribution in [1.82, 2.24) is 15.0 Å². The summed E-state index contributed by atoms with van der Waals surface area (Å²) in [6, 6.07) is 10.1. The maximum atomic E-state index is 12.7. The van der Waals surface area contributed by atoms with Crippen LogP contribution in [0.2, 0.25) is 0 Å². The molecule has 0 N–H and O–H groups in total. The number of amides is 1. The molecule has 1 aromatic heterocycles. The Bertz CT molecular complexity index is 644. The lowest BCUT2D eigenvalue weighted by Crippen LogP contribution is -2.42. The molecule has 5 nitrogen and oxygen atoms in total. The van der Waals surface area contributed by atoms with Gasteiger partial charge >= 0.3 is 0 Å². The molecule has 2 heterocycles. The molecule has 0 unspecified atom stereocenters. The van der Waals surface area contributed by atoms with Gasteiger partial charge in [-0.2, -0.15) is 4.98 Å². The Morgan fingerprint density at radius 2 is 2.17 bits per heavy atom. The number of carbonyl (C=O) groups excluding carboxylic acids is 1. The molecule has 1 fully saturated rings. The van der Waals surface area contributed by atoms with E-state index in [9.17, 15) is 4.79 Å². The summed E-state index contributed by atoms with van der Waals surface area (Å²) in [6.45, 7) is 3.52. The SMILES string of the molecule is CCc1noc(CS[C@@H]2CCCN(Cc3ccccc3)C2=O)n1. The molecule has 1 aromatic carbocycles. The highest BCUT2D eigenvalue weighted by atomic mass is 32.2. The van der Waals surface area contributed by atoms with Gasteiger partial charge < -0.3 is 9.42 Å². The number of piperidine rings is 1. The Labute approximate surface area is 140 Å². The second-order valence-electron chi connectivity index (χ2n) is 5.65. The second-order valence-corrected chi connectivity index (χ2v) is 6.84. The molecule has 0 spiro atoms. The zero-order chi connectivity index (χ0) is 16.1. The molecule has 1 amide bonds. The van der Waals surface area contributed by atoms with Crippen LogP contribution in [0.25, 0.3) is 0 Å².